The van der Waals surface area contributed by atoms with Crippen LogP contribution in [0.5, 0.6) is 5.75 Å². The molecule has 0 fully saturated rings. The van der Waals surface area contributed by atoms with Crippen LogP contribution >= 0.6 is 0 Å². The van der Waals surface area contributed by atoms with E-state index < -0.39 is 0 Å². The van der Waals surface area contributed by atoms with Crippen LogP contribution in [0.15, 0.2) is 24.3 Å². The average Bonchev–Trinajstić information content (AvgIpc) is 2.28. The van der Waals surface area contributed by atoms with Gasteiger partial charge in [0, 0.05) is 12.0 Å². The van der Waals surface area contributed by atoms with Gasteiger partial charge in [0.15, 0.2) is 0 Å². The molecule has 84 valence electrons. The van der Waals surface area contributed by atoms with Crippen molar-refractivity contribution in [3.63, 3.8) is 0 Å². The van der Waals surface area contributed by atoms with Crippen molar-refractivity contribution < 1.29 is 4.74 Å². The molecule has 0 amide bonds. The molecular formula is C13H21NO. The Kier molecular flexibility index (Phi) is 3.75. The molecule has 1 rings (SSSR count). The number of rotatable bonds is 4. The molecule has 0 saturated carbocycles. The summed E-state index contributed by atoms with van der Waals surface area (Å²) in [6, 6.07) is 8.19. The molecule has 1 aromatic rings. The zero-order chi connectivity index (χ0) is 11.5. The minimum Gasteiger partial charge on any atom is -0.497 e. The van der Waals surface area contributed by atoms with Gasteiger partial charge in [-0.1, -0.05) is 32.9 Å². The summed E-state index contributed by atoms with van der Waals surface area (Å²) in [5.74, 6) is 1.41. The highest BCUT2D eigenvalue weighted by molar-refractivity contribution is 5.32. The van der Waals surface area contributed by atoms with Gasteiger partial charge in [-0.05, 0) is 23.6 Å². The fourth-order valence-corrected chi connectivity index (χ4v) is 1.66. The van der Waals surface area contributed by atoms with Gasteiger partial charge in [-0.3, -0.25) is 0 Å². The van der Waals surface area contributed by atoms with E-state index in [-0.39, 0.29) is 5.41 Å². The highest BCUT2D eigenvalue weighted by Crippen LogP contribution is 2.31. The molecule has 2 heteroatoms. The summed E-state index contributed by atoms with van der Waals surface area (Å²) in [5, 5.41) is 0. The van der Waals surface area contributed by atoms with Crippen LogP contribution in [0.3, 0.4) is 0 Å². The third kappa shape index (κ3) is 2.32. The number of methoxy groups -OCH3 is 1. The Bertz CT molecular complexity index is 305. The lowest BCUT2D eigenvalue weighted by Crippen LogP contribution is -2.36. The van der Waals surface area contributed by atoms with E-state index in [0.717, 1.165) is 5.75 Å². The van der Waals surface area contributed by atoms with Crippen molar-refractivity contribution in [3.8, 4) is 5.75 Å². The first-order valence-corrected chi connectivity index (χ1v) is 5.39. The molecule has 0 heterocycles. The van der Waals surface area contributed by atoms with Crippen molar-refractivity contribution in [3.05, 3.63) is 29.8 Å². The summed E-state index contributed by atoms with van der Waals surface area (Å²) in [6.45, 7) is 7.28. The first kappa shape index (κ1) is 12.1. The molecule has 0 aliphatic heterocycles. The SMILES string of the molecule is COc1ccc(C(C)(CN)C(C)C)cc1. The number of hydrogen-bond acceptors (Lipinski definition) is 2. The van der Waals surface area contributed by atoms with Crippen LogP contribution < -0.4 is 10.5 Å². The summed E-state index contributed by atoms with van der Waals surface area (Å²) in [4.78, 5) is 0. The fourth-order valence-electron chi connectivity index (χ4n) is 1.66. The van der Waals surface area contributed by atoms with E-state index in [0.29, 0.717) is 12.5 Å². The van der Waals surface area contributed by atoms with Gasteiger partial charge in [0.05, 0.1) is 7.11 Å². The largest absolute Gasteiger partial charge is 0.497 e. The molecule has 0 spiro atoms. The quantitative estimate of drug-likeness (QED) is 0.823. The Morgan fingerprint density at radius 2 is 1.80 bits per heavy atom. The summed E-state index contributed by atoms with van der Waals surface area (Å²) in [7, 11) is 1.68. The van der Waals surface area contributed by atoms with Crippen molar-refractivity contribution in [2.45, 2.75) is 26.2 Å². The smallest absolute Gasteiger partial charge is 0.118 e. The van der Waals surface area contributed by atoms with Gasteiger partial charge >= 0.3 is 0 Å². The van der Waals surface area contributed by atoms with Crippen LogP contribution in [-0.2, 0) is 5.41 Å². The number of nitrogens with two attached hydrogens (primary N) is 1. The Balaban J connectivity index is 3.03. The first-order valence-electron chi connectivity index (χ1n) is 5.39. The van der Waals surface area contributed by atoms with Crippen LogP contribution in [0.2, 0.25) is 0 Å². The van der Waals surface area contributed by atoms with E-state index in [1.807, 2.05) is 12.1 Å². The van der Waals surface area contributed by atoms with Gasteiger partial charge in [-0.15, -0.1) is 0 Å². The van der Waals surface area contributed by atoms with E-state index >= 15 is 0 Å². The summed E-state index contributed by atoms with van der Waals surface area (Å²) < 4.78 is 5.14. The maximum absolute atomic E-state index is 5.88. The standard InChI is InChI=1S/C13H21NO/c1-10(2)13(3,9-14)11-5-7-12(15-4)8-6-11/h5-8,10H,9,14H2,1-4H3. The Hall–Kier alpha value is -1.02. The van der Waals surface area contributed by atoms with Gasteiger partial charge in [-0.2, -0.15) is 0 Å². The van der Waals surface area contributed by atoms with Crippen LogP contribution in [0.1, 0.15) is 26.3 Å². The molecule has 1 unspecified atom stereocenters. The molecule has 0 aromatic heterocycles. The van der Waals surface area contributed by atoms with Crippen molar-refractivity contribution in [1.29, 1.82) is 0 Å². The highest BCUT2D eigenvalue weighted by Gasteiger charge is 2.28. The average molecular weight is 207 g/mol. The normalized spacial score (nSPS) is 15.1. The lowest BCUT2D eigenvalue weighted by molar-refractivity contribution is 0.346. The second-order valence-corrected chi connectivity index (χ2v) is 4.50. The highest BCUT2D eigenvalue weighted by atomic mass is 16.5. The van der Waals surface area contributed by atoms with E-state index in [1.165, 1.54) is 5.56 Å². The predicted molar refractivity (Wildman–Crippen MR) is 64.2 cm³/mol. The first-order chi connectivity index (χ1) is 7.04. The van der Waals surface area contributed by atoms with E-state index in [4.69, 9.17) is 10.5 Å². The van der Waals surface area contributed by atoms with Crippen LogP contribution in [0, 0.1) is 5.92 Å². The van der Waals surface area contributed by atoms with Crippen molar-refractivity contribution in [2.24, 2.45) is 11.7 Å². The maximum Gasteiger partial charge on any atom is 0.118 e. The minimum atomic E-state index is 0.0479. The summed E-state index contributed by atoms with van der Waals surface area (Å²) in [6.07, 6.45) is 0. The monoisotopic (exact) mass is 207 g/mol. The molecular weight excluding hydrogens is 186 g/mol. The van der Waals surface area contributed by atoms with E-state index in [9.17, 15) is 0 Å². The van der Waals surface area contributed by atoms with E-state index in [2.05, 4.69) is 32.9 Å². The Labute approximate surface area is 92.4 Å². The number of ether oxygens (including phenoxy) is 1. The molecule has 0 aliphatic rings. The Morgan fingerprint density at radius 1 is 1.27 bits per heavy atom. The van der Waals surface area contributed by atoms with Crippen LogP contribution in [-0.4, -0.2) is 13.7 Å². The molecule has 2 nitrogen and oxygen atoms in total. The summed E-state index contributed by atoms with van der Waals surface area (Å²) >= 11 is 0. The van der Waals surface area contributed by atoms with Gasteiger partial charge in [0.2, 0.25) is 0 Å². The molecule has 0 aliphatic carbocycles. The lowest BCUT2D eigenvalue weighted by atomic mass is 9.73. The third-order valence-corrected chi connectivity index (χ3v) is 3.45. The molecule has 0 bridgehead atoms. The van der Waals surface area contributed by atoms with Gasteiger partial charge in [0.25, 0.3) is 0 Å². The molecule has 15 heavy (non-hydrogen) atoms. The Morgan fingerprint density at radius 3 is 2.13 bits per heavy atom. The van der Waals surface area contributed by atoms with Gasteiger partial charge in [-0.25, -0.2) is 0 Å². The van der Waals surface area contributed by atoms with E-state index in [1.54, 1.807) is 7.11 Å². The molecule has 1 aromatic carbocycles. The van der Waals surface area contributed by atoms with Crippen LogP contribution in [0.4, 0.5) is 0 Å². The van der Waals surface area contributed by atoms with Crippen molar-refractivity contribution >= 4 is 0 Å². The zero-order valence-electron chi connectivity index (χ0n) is 10.1. The van der Waals surface area contributed by atoms with Gasteiger partial charge < -0.3 is 10.5 Å². The third-order valence-electron chi connectivity index (χ3n) is 3.45. The molecule has 0 saturated heterocycles. The number of hydrogen-bond donors (Lipinski definition) is 1. The van der Waals surface area contributed by atoms with Crippen molar-refractivity contribution in [2.75, 3.05) is 13.7 Å². The lowest BCUT2D eigenvalue weighted by Gasteiger charge is -2.33. The van der Waals surface area contributed by atoms with Crippen LogP contribution in [0.25, 0.3) is 0 Å². The molecule has 2 N–H and O–H groups in total. The number of benzene rings is 1. The maximum atomic E-state index is 5.88. The minimum absolute atomic E-state index is 0.0479. The predicted octanol–water partition coefficient (Wildman–Crippen LogP) is 2.57. The second kappa shape index (κ2) is 4.67. The second-order valence-electron chi connectivity index (χ2n) is 4.50. The van der Waals surface area contributed by atoms with Crippen molar-refractivity contribution in [1.82, 2.24) is 0 Å². The molecule has 1 atom stereocenters. The molecule has 0 radical (unpaired) electrons. The topological polar surface area (TPSA) is 35.2 Å². The zero-order valence-corrected chi connectivity index (χ0v) is 10.1. The van der Waals surface area contributed by atoms with Gasteiger partial charge in [0.1, 0.15) is 5.75 Å². The fraction of sp³-hybridized carbons (Fsp3) is 0.538. The summed E-state index contributed by atoms with van der Waals surface area (Å²) in [5.41, 5.74) is 7.21.